The number of nitro benzene ring substituents is 1. The molecule has 0 aromatic heterocycles. The standard InChI is InChI=1S/C25H25N5O6/c1-15-5-4-6-21(16(15)2)29-24(33)20(23(32)26-25(29)34)14-18-13-19(30(35)36)7-8-22(18)28-11-9-27(10-12-28)17(3)31/h4-8,13-14H,9-12H2,1-3H3,(H,26,32,34)/b20-14-. The number of nitrogens with zero attached hydrogens (tertiary/aromatic N) is 4. The molecule has 4 rings (SSSR count). The summed E-state index contributed by atoms with van der Waals surface area (Å²) >= 11 is 0. The molecule has 0 aliphatic carbocycles. The number of piperazine rings is 1. The lowest BCUT2D eigenvalue weighted by Crippen LogP contribution is -2.54. The zero-order valence-corrected chi connectivity index (χ0v) is 20.1. The van der Waals surface area contributed by atoms with Gasteiger partial charge in [-0.15, -0.1) is 0 Å². The van der Waals surface area contributed by atoms with Gasteiger partial charge >= 0.3 is 6.03 Å². The van der Waals surface area contributed by atoms with E-state index in [-0.39, 0.29) is 22.7 Å². The molecule has 2 saturated heterocycles. The van der Waals surface area contributed by atoms with E-state index in [1.165, 1.54) is 25.1 Å². The lowest BCUT2D eigenvalue weighted by atomic mass is 10.0. The van der Waals surface area contributed by atoms with Crippen molar-refractivity contribution in [2.45, 2.75) is 20.8 Å². The molecule has 5 amide bonds. The Labute approximate surface area is 207 Å². The maximum Gasteiger partial charge on any atom is 0.335 e. The first-order valence-electron chi connectivity index (χ1n) is 11.3. The summed E-state index contributed by atoms with van der Waals surface area (Å²) in [5.74, 6) is -1.75. The Morgan fingerprint density at radius 2 is 1.72 bits per heavy atom. The van der Waals surface area contributed by atoms with Crippen molar-refractivity contribution in [2.75, 3.05) is 36.0 Å². The number of nitrogens with one attached hydrogen (secondary N) is 1. The van der Waals surface area contributed by atoms with Gasteiger partial charge in [-0.25, -0.2) is 9.69 Å². The summed E-state index contributed by atoms with van der Waals surface area (Å²) in [6, 6.07) is 8.50. The number of amides is 5. The lowest BCUT2D eigenvalue weighted by Gasteiger charge is -2.36. The fourth-order valence-corrected chi connectivity index (χ4v) is 4.33. The van der Waals surface area contributed by atoms with E-state index in [1.54, 1.807) is 30.0 Å². The van der Waals surface area contributed by atoms with Gasteiger partial charge in [-0.1, -0.05) is 12.1 Å². The second-order valence-corrected chi connectivity index (χ2v) is 8.67. The van der Waals surface area contributed by atoms with Crippen LogP contribution in [0.25, 0.3) is 6.08 Å². The number of barbiturate groups is 1. The Bertz CT molecular complexity index is 1330. The molecule has 0 atom stereocenters. The molecule has 186 valence electrons. The maximum absolute atomic E-state index is 13.4. The molecule has 2 heterocycles. The highest BCUT2D eigenvalue weighted by Gasteiger charge is 2.38. The van der Waals surface area contributed by atoms with Crippen LogP contribution >= 0.6 is 0 Å². The number of carbonyl (C=O) groups is 4. The number of benzene rings is 2. The number of nitro groups is 1. The molecule has 11 nitrogen and oxygen atoms in total. The Morgan fingerprint density at radius 3 is 2.36 bits per heavy atom. The number of aryl methyl sites for hydroxylation is 1. The Hall–Kier alpha value is -4.54. The zero-order chi connectivity index (χ0) is 26.1. The molecule has 2 aliphatic rings. The Balaban J connectivity index is 1.77. The van der Waals surface area contributed by atoms with Crippen molar-refractivity contribution in [3.8, 4) is 0 Å². The predicted octanol–water partition coefficient (Wildman–Crippen LogP) is 2.55. The third-order valence-electron chi connectivity index (χ3n) is 6.51. The number of urea groups is 1. The van der Waals surface area contributed by atoms with Crippen LogP contribution < -0.4 is 15.1 Å². The number of non-ortho nitro benzene ring substituents is 1. The molecule has 2 aromatic carbocycles. The van der Waals surface area contributed by atoms with Crippen LogP contribution in [0.2, 0.25) is 0 Å². The SMILES string of the molecule is CC(=O)N1CCN(c2ccc([N+](=O)[O-])cc2/C=C2/C(=O)NC(=O)N(c3cccc(C)c3C)C2=O)CC1. The van der Waals surface area contributed by atoms with Crippen LogP contribution in [-0.4, -0.2) is 59.8 Å². The van der Waals surface area contributed by atoms with Gasteiger partial charge in [-0.2, -0.15) is 0 Å². The van der Waals surface area contributed by atoms with Gasteiger partial charge in [0.05, 0.1) is 10.6 Å². The van der Waals surface area contributed by atoms with Crippen LogP contribution in [0.4, 0.5) is 21.9 Å². The first kappa shape index (κ1) is 24.6. The van der Waals surface area contributed by atoms with Crippen molar-refractivity contribution in [2.24, 2.45) is 0 Å². The minimum Gasteiger partial charge on any atom is -0.367 e. The van der Waals surface area contributed by atoms with Crippen LogP contribution in [-0.2, 0) is 14.4 Å². The van der Waals surface area contributed by atoms with E-state index in [2.05, 4.69) is 5.32 Å². The molecule has 11 heteroatoms. The molecule has 2 aliphatic heterocycles. The highest BCUT2D eigenvalue weighted by molar-refractivity contribution is 6.39. The number of imide groups is 2. The van der Waals surface area contributed by atoms with Gasteiger partial charge in [0.25, 0.3) is 17.5 Å². The van der Waals surface area contributed by atoms with E-state index in [1.807, 2.05) is 17.9 Å². The van der Waals surface area contributed by atoms with E-state index < -0.39 is 22.8 Å². The van der Waals surface area contributed by atoms with Crippen molar-refractivity contribution in [1.82, 2.24) is 10.2 Å². The van der Waals surface area contributed by atoms with Crippen molar-refractivity contribution in [3.63, 3.8) is 0 Å². The summed E-state index contributed by atoms with van der Waals surface area (Å²) in [6.45, 7) is 6.99. The average Bonchev–Trinajstić information content (AvgIpc) is 2.84. The maximum atomic E-state index is 13.4. The Kier molecular flexibility index (Phi) is 6.56. The minimum atomic E-state index is -0.884. The normalized spacial score (nSPS) is 17.5. The molecule has 0 spiro atoms. The first-order valence-corrected chi connectivity index (χ1v) is 11.3. The van der Waals surface area contributed by atoms with Gasteiger partial charge in [0.1, 0.15) is 5.57 Å². The lowest BCUT2D eigenvalue weighted by molar-refractivity contribution is -0.384. The summed E-state index contributed by atoms with van der Waals surface area (Å²) in [4.78, 5) is 65.9. The van der Waals surface area contributed by atoms with E-state index in [4.69, 9.17) is 0 Å². The molecular weight excluding hydrogens is 466 g/mol. The molecule has 0 radical (unpaired) electrons. The predicted molar refractivity (Wildman–Crippen MR) is 132 cm³/mol. The smallest absolute Gasteiger partial charge is 0.335 e. The number of carbonyl (C=O) groups excluding carboxylic acids is 4. The molecule has 2 aromatic rings. The zero-order valence-electron chi connectivity index (χ0n) is 20.1. The molecular formula is C25H25N5O6. The van der Waals surface area contributed by atoms with Crippen LogP contribution in [0.1, 0.15) is 23.6 Å². The fraction of sp³-hybridized carbons (Fsp3) is 0.280. The summed E-state index contributed by atoms with van der Waals surface area (Å²) in [6.07, 6.45) is 1.28. The van der Waals surface area contributed by atoms with E-state index in [9.17, 15) is 29.3 Å². The topological polar surface area (TPSA) is 133 Å². The monoisotopic (exact) mass is 491 g/mol. The summed E-state index contributed by atoms with van der Waals surface area (Å²) in [5.41, 5.74) is 2.24. The largest absolute Gasteiger partial charge is 0.367 e. The molecule has 1 N–H and O–H groups in total. The van der Waals surface area contributed by atoms with Gasteiger partial charge < -0.3 is 9.80 Å². The highest BCUT2D eigenvalue weighted by atomic mass is 16.6. The second-order valence-electron chi connectivity index (χ2n) is 8.67. The van der Waals surface area contributed by atoms with E-state index in [0.717, 1.165) is 10.5 Å². The van der Waals surface area contributed by atoms with Crippen LogP contribution in [0.15, 0.2) is 42.0 Å². The molecule has 0 bridgehead atoms. The number of hydrogen-bond acceptors (Lipinski definition) is 7. The number of anilines is 2. The molecule has 2 fully saturated rings. The fourth-order valence-electron chi connectivity index (χ4n) is 4.33. The minimum absolute atomic E-state index is 0.0404. The van der Waals surface area contributed by atoms with Crippen LogP contribution in [0.5, 0.6) is 0 Å². The number of hydrogen-bond donors (Lipinski definition) is 1. The molecule has 0 unspecified atom stereocenters. The van der Waals surface area contributed by atoms with Crippen LogP contribution in [0.3, 0.4) is 0 Å². The van der Waals surface area contributed by atoms with Crippen molar-refractivity contribution >= 4 is 46.9 Å². The Morgan fingerprint density at radius 1 is 1.03 bits per heavy atom. The van der Waals surface area contributed by atoms with Gasteiger partial charge in [0.2, 0.25) is 5.91 Å². The third-order valence-corrected chi connectivity index (χ3v) is 6.51. The van der Waals surface area contributed by atoms with Crippen molar-refractivity contribution in [1.29, 1.82) is 0 Å². The summed E-state index contributed by atoms with van der Waals surface area (Å²) < 4.78 is 0. The molecule has 36 heavy (non-hydrogen) atoms. The van der Waals surface area contributed by atoms with Crippen molar-refractivity contribution < 1.29 is 24.1 Å². The average molecular weight is 492 g/mol. The van der Waals surface area contributed by atoms with Gasteiger partial charge in [0.15, 0.2) is 0 Å². The van der Waals surface area contributed by atoms with Gasteiger partial charge in [-0.05, 0) is 43.2 Å². The van der Waals surface area contributed by atoms with Crippen LogP contribution in [0, 0.1) is 24.0 Å². The van der Waals surface area contributed by atoms with Gasteiger partial charge in [-0.3, -0.25) is 29.8 Å². The van der Waals surface area contributed by atoms with Crippen molar-refractivity contribution in [3.05, 3.63) is 68.8 Å². The van der Waals surface area contributed by atoms with E-state index >= 15 is 0 Å². The highest BCUT2D eigenvalue weighted by Crippen LogP contribution is 2.31. The number of rotatable bonds is 4. The van der Waals surface area contributed by atoms with Gasteiger partial charge in [0, 0.05) is 56.5 Å². The quantitative estimate of drug-likeness (QED) is 0.301. The summed E-state index contributed by atoms with van der Waals surface area (Å²) in [7, 11) is 0. The third kappa shape index (κ3) is 4.54. The molecule has 0 saturated carbocycles. The first-order chi connectivity index (χ1) is 17.1. The summed E-state index contributed by atoms with van der Waals surface area (Å²) in [5, 5.41) is 13.7. The second kappa shape index (κ2) is 9.61. The van der Waals surface area contributed by atoms with E-state index in [0.29, 0.717) is 43.1 Å².